The van der Waals surface area contributed by atoms with Crippen LogP contribution in [0, 0.1) is 52.0 Å². The maximum absolute atomic E-state index is 11.1. The standard InChI is InChI=1S/C22H24N8O4S2.C2H3N.2ClHO4/c1-25(2)21-23-19(15-5-9-17(10-6-15)29(31)32)27(35-21)13-14-28-20(24-22(36-28)26(3)4)16-7-11-18(12-8-16)30(33)34;1-2-3;2*2-1(3,4)5/h5-12H,13-14H2,1-4H3;1H3;2*(H,2,3,4,5)/q+2;;;/p-2. The molecular formula is C24H27Cl2N9O12S2. The molecule has 2 aromatic heterocycles. The fourth-order valence-corrected chi connectivity index (χ4v) is 5.13. The molecule has 0 aliphatic carbocycles. The highest BCUT2D eigenvalue weighted by atomic mass is 35.7. The Labute approximate surface area is 290 Å². The topological polar surface area (TPSA) is 335 Å². The zero-order valence-corrected chi connectivity index (χ0v) is 29.2. The minimum atomic E-state index is -4.94. The van der Waals surface area contributed by atoms with Crippen molar-refractivity contribution in [3.05, 3.63) is 68.8 Å². The fourth-order valence-electron chi connectivity index (χ4n) is 3.35. The van der Waals surface area contributed by atoms with Crippen molar-refractivity contribution in [3.8, 4) is 28.8 Å². The third kappa shape index (κ3) is 16.1. The summed E-state index contributed by atoms with van der Waals surface area (Å²) in [6.07, 6.45) is 0. The molecule has 0 saturated heterocycles. The van der Waals surface area contributed by atoms with Crippen LogP contribution in [0.1, 0.15) is 6.92 Å². The number of nitrogens with zero attached hydrogens (tertiary/aromatic N) is 9. The summed E-state index contributed by atoms with van der Waals surface area (Å²) in [6, 6.07) is 14.5. The highest BCUT2D eigenvalue weighted by Gasteiger charge is 2.28. The first-order valence-electron chi connectivity index (χ1n) is 12.8. The van der Waals surface area contributed by atoms with Gasteiger partial charge < -0.3 is 9.80 Å². The molecule has 21 nitrogen and oxygen atoms in total. The van der Waals surface area contributed by atoms with Crippen LogP contribution in [0.15, 0.2) is 48.5 Å². The highest BCUT2D eigenvalue weighted by Crippen LogP contribution is 2.25. The van der Waals surface area contributed by atoms with E-state index >= 15 is 0 Å². The molecule has 0 N–H and O–H groups in total. The molecule has 0 aliphatic rings. The molecular weight excluding hydrogens is 741 g/mol. The number of anilines is 2. The van der Waals surface area contributed by atoms with Crippen LogP contribution in [0.5, 0.6) is 0 Å². The van der Waals surface area contributed by atoms with Crippen molar-refractivity contribution in [2.75, 3.05) is 38.0 Å². The SMILES string of the molecule is CC#N.CN(C)c1nc(-c2ccc([N+](=O)[O-])cc2)[n+](CC[n+]2sc(N(C)C)nc2-c2ccc([N+](=O)[O-])cc2)s1.[O-][Cl+3]([O-])([O-])[O-].[O-][Cl+3]([O-])([O-])[O-]. The van der Waals surface area contributed by atoms with E-state index in [-0.39, 0.29) is 11.4 Å². The fraction of sp³-hybridized carbons (Fsp3) is 0.292. The van der Waals surface area contributed by atoms with Gasteiger partial charge in [0.15, 0.2) is 0 Å². The number of rotatable bonds is 9. The van der Waals surface area contributed by atoms with E-state index in [4.69, 9.17) is 52.5 Å². The summed E-state index contributed by atoms with van der Waals surface area (Å²) in [5.41, 5.74) is 1.61. The summed E-state index contributed by atoms with van der Waals surface area (Å²) in [5, 5.41) is 31.0. The molecule has 2 aromatic carbocycles. The molecule has 0 aliphatic heterocycles. The average Bonchev–Trinajstić information content (AvgIpc) is 3.60. The van der Waals surface area contributed by atoms with Crippen LogP contribution in [0.3, 0.4) is 0 Å². The molecule has 4 aromatic rings. The molecule has 0 amide bonds. The van der Waals surface area contributed by atoms with Crippen molar-refractivity contribution in [1.82, 2.24) is 9.97 Å². The molecule has 49 heavy (non-hydrogen) atoms. The van der Waals surface area contributed by atoms with E-state index in [1.807, 2.05) is 38.0 Å². The molecule has 0 saturated carbocycles. The number of nitro groups is 2. The van der Waals surface area contributed by atoms with E-state index in [1.54, 1.807) is 30.3 Å². The number of nitriles is 1. The first-order valence-corrected chi connectivity index (χ1v) is 16.8. The van der Waals surface area contributed by atoms with Crippen molar-refractivity contribution in [2.45, 2.75) is 20.0 Å². The number of hydrogen-bond acceptors (Lipinski definition) is 19. The van der Waals surface area contributed by atoms with E-state index < -0.39 is 30.3 Å². The zero-order chi connectivity index (χ0) is 37.7. The van der Waals surface area contributed by atoms with Crippen molar-refractivity contribution in [3.63, 3.8) is 0 Å². The normalized spacial score (nSPS) is 10.6. The monoisotopic (exact) mass is 767 g/mol. The molecule has 0 fully saturated rings. The minimum Gasteiger partial charge on any atom is -0.331 e. The molecule has 0 radical (unpaired) electrons. The van der Waals surface area contributed by atoms with Gasteiger partial charge in [0, 0.05) is 59.4 Å². The van der Waals surface area contributed by atoms with Crippen LogP contribution in [0.2, 0.25) is 0 Å². The molecule has 0 atom stereocenters. The first kappa shape index (κ1) is 42.7. The summed E-state index contributed by atoms with van der Waals surface area (Å²) in [4.78, 5) is 34.6. The Hall–Kier alpha value is -4.29. The smallest absolute Gasteiger partial charge is 0.331 e. The lowest BCUT2D eigenvalue weighted by Gasteiger charge is -2.17. The first-order chi connectivity index (χ1) is 22.5. The van der Waals surface area contributed by atoms with E-state index in [1.165, 1.54) is 54.3 Å². The van der Waals surface area contributed by atoms with Gasteiger partial charge in [-0.3, -0.25) is 20.2 Å². The predicted molar refractivity (Wildman–Crippen MR) is 149 cm³/mol. The highest BCUT2D eigenvalue weighted by molar-refractivity contribution is 7.06. The van der Waals surface area contributed by atoms with Crippen LogP contribution in [0.25, 0.3) is 22.8 Å². The molecule has 0 bridgehead atoms. The minimum absolute atomic E-state index is 0.0255. The number of aryl methyl sites for hydroxylation is 2. The number of halogens is 2. The average molecular weight is 769 g/mol. The lowest BCUT2D eigenvalue weighted by Crippen LogP contribution is -2.68. The zero-order valence-electron chi connectivity index (χ0n) is 26.0. The summed E-state index contributed by atoms with van der Waals surface area (Å²) in [5.74, 6) is 1.43. The Morgan fingerprint density at radius 1 is 0.673 bits per heavy atom. The summed E-state index contributed by atoms with van der Waals surface area (Å²) >= 11 is 2.99. The van der Waals surface area contributed by atoms with Crippen molar-refractivity contribution < 1.29 is 75.5 Å². The molecule has 0 unspecified atom stereocenters. The van der Waals surface area contributed by atoms with Gasteiger partial charge in [-0.1, -0.05) is 0 Å². The quantitative estimate of drug-likeness (QED) is 0.0869. The van der Waals surface area contributed by atoms with Gasteiger partial charge >= 0.3 is 21.9 Å². The largest absolute Gasteiger partial charge is 0.345 e. The van der Waals surface area contributed by atoms with Crippen molar-refractivity contribution in [1.29, 1.82) is 5.26 Å². The maximum atomic E-state index is 11.1. The van der Waals surface area contributed by atoms with Gasteiger partial charge in [0.05, 0.1) is 27.0 Å². The Morgan fingerprint density at radius 2 is 0.918 bits per heavy atom. The Bertz CT molecular complexity index is 1570. The molecule has 4 rings (SSSR count). The van der Waals surface area contributed by atoms with E-state index in [0.717, 1.165) is 21.4 Å². The van der Waals surface area contributed by atoms with Gasteiger partial charge in [-0.15, -0.1) is 20.5 Å². The van der Waals surface area contributed by atoms with Gasteiger partial charge in [-0.05, 0) is 34.2 Å². The van der Waals surface area contributed by atoms with Gasteiger partial charge in [0.1, 0.15) is 36.2 Å². The van der Waals surface area contributed by atoms with E-state index in [2.05, 4.69) is 7.91 Å². The van der Waals surface area contributed by atoms with Crippen LogP contribution in [-0.4, -0.2) is 48.0 Å². The Kier molecular flexibility index (Phi) is 16.6. The molecule has 266 valence electrons. The maximum Gasteiger partial charge on any atom is 0.345 e. The number of nitro benzene ring substituents is 2. The molecule has 25 heteroatoms. The number of non-ortho nitro benzene ring substituents is 2. The van der Waals surface area contributed by atoms with Gasteiger partial charge in [0.2, 0.25) is 0 Å². The predicted octanol–water partition coefficient (Wildman–Crippen LogP) is -5.82. The summed E-state index contributed by atoms with van der Waals surface area (Å²) < 4.78 is 72.1. The third-order valence-corrected chi connectivity index (χ3v) is 7.59. The van der Waals surface area contributed by atoms with Gasteiger partial charge in [-0.25, -0.2) is 37.3 Å². The number of benzene rings is 2. The second-order valence-electron chi connectivity index (χ2n) is 9.20. The van der Waals surface area contributed by atoms with Crippen LogP contribution < -0.4 is 55.0 Å². The van der Waals surface area contributed by atoms with Crippen molar-refractivity contribution in [2.24, 2.45) is 0 Å². The van der Waals surface area contributed by atoms with E-state index in [9.17, 15) is 20.2 Å². The van der Waals surface area contributed by atoms with E-state index in [0.29, 0.717) is 24.7 Å². The molecule has 0 spiro atoms. The van der Waals surface area contributed by atoms with Crippen LogP contribution >= 0.6 is 23.1 Å². The summed E-state index contributed by atoms with van der Waals surface area (Å²) in [7, 11) is -2.23. The van der Waals surface area contributed by atoms with Crippen LogP contribution in [0.4, 0.5) is 21.6 Å². The number of aromatic nitrogens is 4. The number of hydrogen-bond donors (Lipinski definition) is 0. The lowest BCUT2D eigenvalue weighted by molar-refractivity contribution is -2.00. The molecule has 2 heterocycles. The Balaban J connectivity index is 0.000000790. The second kappa shape index (κ2) is 19.0. The van der Waals surface area contributed by atoms with Crippen LogP contribution in [-0.2, 0) is 13.1 Å². The Morgan fingerprint density at radius 3 is 1.12 bits per heavy atom. The summed E-state index contributed by atoms with van der Waals surface area (Å²) in [6.45, 7) is 2.59. The second-order valence-corrected chi connectivity index (χ2v) is 12.7. The van der Waals surface area contributed by atoms with Gasteiger partial charge in [-0.2, -0.15) is 13.2 Å². The third-order valence-electron chi connectivity index (χ3n) is 5.20. The van der Waals surface area contributed by atoms with Gasteiger partial charge in [0.25, 0.3) is 11.4 Å². The lowest BCUT2D eigenvalue weighted by atomic mass is 10.2. The van der Waals surface area contributed by atoms with Crippen molar-refractivity contribution >= 4 is 44.7 Å².